The number of hydrogen-bond acceptors (Lipinski definition) is 3. The van der Waals surface area contributed by atoms with Crippen LogP contribution >= 0.6 is 12.2 Å². The molecule has 3 aromatic rings. The summed E-state index contributed by atoms with van der Waals surface area (Å²) in [7, 11) is 0. The van der Waals surface area contributed by atoms with Crippen LogP contribution in [0.4, 0.5) is 0 Å². The molecule has 2 aromatic heterocycles. The molecule has 0 aliphatic carbocycles. The quantitative estimate of drug-likeness (QED) is 0.734. The van der Waals surface area contributed by atoms with Crippen molar-refractivity contribution in [2.24, 2.45) is 5.73 Å². The van der Waals surface area contributed by atoms with Crippen molar-refractivity contribution in [3.8, 4) is 5.69 Å². The highest BCUT2D eigenvalue weighted by Gasteiger charge is 2.07. The van der Waals surface area contributed by atoms with E-state index in [1.807, 2.05) is 16.7 Å². The van der Waals surface area contributed by atoms with E-state index in [0.717, 1.165) is 16.7 Å². The average molecular weight is 282 g/mol. The fourth-order valence-corrected chi connectivity index (χ4v) is 2.27. The molecule has 0 aliphatic rings. The number of aryl methyl sites for hydroxylation is 2. The number of nitrogens with two attached hydrogens (primary N) is 1. The number of pyridine rings is 1. The maximum Gasteiger partial charge on any atom is 0.122 e. The van der Waals surface area contributed by atoms with Gasteiger partial charge in [-0.2, -0.15) is 0 Å². The molecule has 0 atom stereocenters. The van der Waals surface area contributed by atoms with Gasteiger partial charge in [0.2, 0.25) is 0 Å². The topological polar surface area (TPSA) is 56.7 Å². The van der Waals surface area contributed by atoms with E-state index in [9.17, 15) is 0 Å². The van der Waals surface area contributed by atoms with Crippen molar-refractivity contribution in [2.75, 3.05) is 0 Å². The third-order valence-corrected chi connectivity index (χ3v) is 3.65. The smallest absolute Gasteiger partial charge is 0.122 e. The fraction of sp³-hybridized carbons (Fsp3) is 0.133. The first-order valence-electron chi connectivity index (χ1n) is 6.27. The lowest BCUT2D eigenvalue weighted by Crippen LogP contribution is -2.11. The summed E-state index contributed by atoms with van der Waals surface area (Å²) in [6.07, 6.45) is 3.56. The molecule has 0 amide bonds. The molecule has 0 fully saturated rings. The second-order valence-electron chi connectivity index (χ2n) is 4.81. The number of thiocarbonyl (C=S) groups is 1. The van der Waals surface area contributed by atoms with Gasteiger partial charge in [-0.05, 0) is 49.2 Å². The molecule has 0 unspecified atom stereocenters. The monoisotopic (exact) mass is 282 g/mol. The Bertz CT molecular complexity index is 803. The predicted octanol–water partition coefficient (Wildman–Crippen LogP) is 2.67. The van der Waals surface area contributed by atoms with Gasteiger partial charge in [0.15, 0.2) is 0 Å². The van der Waals surface area contributed by atoms with Gasteiger partial charge >= 0.3 is 0 Å². The molecule has 0 saturated heterocycles. The molecular formula is C15H14N4S. The maximum atomic E-state index is 5.56. The number of hydrogen-bond donors (Lipinski definition) is 1. The van der Waals surface area contributed by atoms with Crippen molar-refractivity contribution in [3.63, 3.8) is 0 Å². The third kappa shape index (κ3) is 2.06. The van der Waals surface area contributed by atoms with Gasteiger partial charge in [0.25, 0.3) is 0 Å². The first kappa shape index (κ1) is 12.7. The molecule has 1 aromatic carbocycles. The first-order chi connectivity index (χ1) is 9.56. The summed E-state index contributed by atoms with van der Waals surface area (Å²) < 4.78 is 2.01. The van der Waals surface area contributed by atoms with Crippen molar-refractivity contribution in [1.29, 1.82) is 0 Å². The SMILES string of the molecule is Cc1cc2ncn(-c3ccc(C(N)=S)nc3)c2cc1C. The van der Waals surface area contributed by atoms with Crippen molar-refractivity contribution >= 4 is 28.2 Å². The van der Waals surface area contributed by atoms with Gasteiger partial charge in [-0.3, -0.25) is 9.55 Å². The Labute approximate surface area is 122 Å². The standard InChI is InChI=1S/C15H14N4S/c1-9-5-13-14(6-10(9)2)19(8-18-13)11-3-4-12(15(16)20)17-7-11/h3-8H,1-2H3,(H2,16,20). The van der Waals surface area contributed by atoms with Crippen molar-refractivity contribution < 1.29 is 0 Å². The lowest BCUT2D eigenvalue weighted by Gasteiger charge is -2.06. The second kappa shape index (κ2) is 4.68. The van der Waals surface area contributed by atoms with E-state index in [2.05, 4.69) is 35.9 Å². The Kier molecular flexibility index (Phi) is 2.99. The molecule has 20 heavy (non-hydrogen) atoms. The van der Waals surface area contributed by atoms with Crippen LogP contribution in [0.15, 0.2) is 36.8 Å². The zero-order valence-corrected chi connectivity index (χ0v) is 12.1. The van der Waals surface area contributed by atoms with Gasteiger partial charge < -0.3 is 5.73 Å². The summed E-state index contributed by atoms with van der Waals surface area (Å²) in [6.45, 7) is 4.19. The van der Waals surface area contributed by atoms with Gasteiger partial charge in [-0.25, -0.2) is 4.98 Å². The summed E-state index contributed by atoms with van der Waals surface area (Å²) in [5, 5.41) is 0. The van der Waals surface area contributed by atoms with Crippen LogP contribution in [-0.4, -0.2) is 19.5 Å². The molecule has 4 nitrogen and oxygen atoms in total. The van der Waals surface area contributed by atoms with Crippen molar-refractivity contribution in [1.82, 2.24) is 14.5 Å². The second-order valence-corrected chi connectivity index (χ2v) is 5.25. The normalized spacial score (nSPS) is 10.9. The van der Waals surface area contributed by atoms with Crippen LogP contribution in [0.1, 0.15) is 16.8 Å². The fourth-order valence-electron chi connectivity index (χ4n) is 2.14. The van der Waals surface area contributed by atoms with Gasteiger partial charge in [0.05, 0.1) is 28.6 Å². The lowest BCUT2D eigenvalue weighted by molar-refractivity contribution is 1.07. The van der Waals surface area contributed by atoms with E-state index >= 15 is 0 Å². The number of rotatable bonds is 2. The minimum Gasteiger partial charge on any atom is -0.388 e. The Balaban J connectivity index is 2.14. The van der Waals surface area contributed by atoms with Gasteiger partial charge in [-0.15, -0.1) is 0 Å². The van der Waals surface area contributed by atoms with E-state index in [0.29, 0.717) is 10.7 Å². The Morgan fingerprint density at radius 3 is 2.55 bits per heavy atom. The van der Waals surface area contributed by atoms with Crippen LogP contribution in [0.5, 0.6) is 0 Å². The first-order valence-corrected chi connectivity index (χ1v) is 6.67. The number of imidazole rings is 1. The number of fused-ring (bicyclic) bond motifs is 1. The molecule has 2 N–H and O–H groups in total. The summed E-state index contributed by atoms with van der Waals surface area (Å²) in [5.74, 6) is 0. The molecule has 5 heteroatoms. The summed E-state index contributed by atoms with van der Waals surface area (Å²) in [6, 6.07) is 8.00. The Morgan fingerprint density at radius 2 is 1.90 bits per heavy atom. The van der Waals surface area contributed by atoms with E-state index in [1.54, 1.807) is 12.5 Å². The lowest BCUT2D eigenvalue weighted by atomic mass is 10.1. The Hall–Kier alpha value is -2.27. The molecule has 0 aliphatic heterocycles. The minimum absolute atomic E-state index is 0.304. The average Bonchev–Trinajstić information content (AvgIpc) is 2.82. The van der Waals surface area contributed by atoms with Crippen LogP contribution < -0.4 is 5.73 Å². The number of benzene rings is 1. The van der Waals surface area contributed by atoms with Gasteiger partial charge in [-0.1, -0.05) is 12.2 Å². The van der Waals surface area contributed by atoms with Crippen LogP contribution in [0.25, 0.3) is 16.7 Å². The predicted molar refractivity (Wildman–Crippen MR) is 84.2 cm³/mol. The van der Waals surface area contributed by atoms with E-state index in [4.69, 9.17) is 18.0 Å². The summed E-state index contributed by atoms with van der Waals surface area (Å²) >= 11 is 4.91. The van der Waals surface area contributed by atoms with Crippen LogP contribution in [0.2, 0.25) is 0 Å². The van der Waals surface area contributed by atoms with E-state index in [-0.39, 0.29) is 0 Å². The molecule has 2 heterocycles. The summed E-state index contributed by atoms with van der Waals surface area (Å²) in [5.41, 5.74) is 11.7. The molecule has 0 bridgehead atoms. The molecule has 3 rings (SSSR count). The van der Waals surface area contributed by atoms with E-state index < -0.39 is 0 Å². The highest BCUT2D eigenvalue weighted by atomic mass is 32.1. The third-order valence-electron chi connectivity index (χ3n) is 3.44. The van der Waals surface area contributed by atoms with Crippen LogP contribution in [-0.2, 0) is 0 Å². The maximum absolute atomic E-state index is 5.56. The highest BCUT2D eigenvalue weighted by Crippen LogP contribution is 2.21. The van der Waals surface area contributed by atoms with Crippen molar-refractivity contribution in [3.05, 3.63) is 53.6 Å². The molecule has 0 radical (unpaired) electrons. The zero-order chi connectivity index (χ0) is 14.3. The van der Waals surface area contributed by atoms with E-state index in [1.165, 1.54) is 11.1 Å². The minimum atomic E-state index is 0.304. The van der Waals surface area contributed by atoms with Crippen LogP contribution in [0.3, 0.4) is 0 Å². The van der Waals surface area contributed by atoms with Gasteiger partial charge in [0.1, 0.15) is 11.3 Å². The molecular weight excluding hydrogens is 268 g/mol. The molecule has 0 saturated carbocycles. The van der Waals surface area contributed by atoms with Gasteiger partial charge in [0, 0.05) is 0 Å². The number of aromatic nitrogens is 3. The number of nitrogens with zero attached hydrogens (tertiary/aromatic N) is 3. The zero-order valence-electron chi connectivity index (χ0n) is 11.3. The molecule has 0 spiro atoms. The van der Waals surface area contributed by atoms with Crippen molar-refractivity contribution in [2.45, 2.75) is 13.8 Å². The highest BCUT2D eigenvalue weighted by molar-refractivity contribution is 7.80. The Morgan fingerprint density at radius 1 is 1.15 bits per heavy atom. The largest absolute Gasteiger partial charge is 0.388 e. The van der Waals surface area contributed by atoms with Crippen LogP contribution in [0, 0.1) is 13.8 Å². The summed E-state index contributed by atoms with van der Waals surface area (Å²) in [4.78, 5) is 9.01. The molecule has 100 valence electrons.